The highest BCUT2D eigenvalue weighted by Crippen LogP contribution is 2.27. The first kappa shape index (κ1) is 17.2. The maximum Gasteiger partial charge on any atom is 0.314 e. The van der Waals surface area contributed by atoms with Crippen LogP contribution in [-0.2, 0) is 9.59 Å². The second-order valence-electron chi connectivity index (χ2n) is 6.54. The van der Waals surface area contributed by atoms with Gasteiger partial charge in [0, 0.05) is 12.6 Å². The van der Waals surface area contributed by atoms with Gasteiger partial charge in [-0.1, -0.05) is 20.3 Å². The maximum atomic E-state index is 12.7. The Morgan fingerprint density at radius 1 is 1.32 bits per heavy atom. The molecule has 1 fully saturated rings. The Bertz CT molecular complexity index is 787. The van der Waals surface area contributed by atoms with E-state index in [4.69, 9.17) is 5.73 Å². The summed E-state index contributed by atoms with van der Waals surface area (Å²) in [6.07, 6.45) is 6.89. The van der Waals surface area contributed by atoms with Crippen LogP contribution >= 0.6 is 0 Å². The van der Waals surface area contributed by atoms with E-state index in [1.165, 1.54) is 6.20 Å². The summed E-state index contributed by atoms with van der Waals surface area (Å²) in [5, 5.41) is 9.96. The molecule has 2 aromatic rings. The molecule has 0 bridgehead atoms. The minimum absolute atomic E-state index is 0.123. The fraction of sp³-hybridized carbons (Fsp3) is 0.529. The van der Waals surface area contributed by atoms with Crippen molar-refractivity contribution in [3.8, 4) is 0 Å². The first-order chi connectivity index (χ1) is 12.0. The predicted molar refractivity (Wildman–Crippen MR) is 95.7 cm³/mol. The van der Waals surface area contributed by atoms with Gasteiger partial charge in [0.15, 0.2) is 0 Å². The molecule has 2 amide bonds. The minimum Gasteiger partial charge on any atom is -0.383 e. The van der Waals surface area contributed by atoms with Crippen LogP contribution in [0.2, 0.25) is 0 Å². The van der Waals surface area contributed by atoms with Gasteiger partial charge in [0.2, 0.25) is 0 Å². The van der Waals surface area contributed by atoms with Crippen LogP contribution in [0.3, 0.4) is 0 Å². The number of carbonyl (C=O) groups is 2. The highest BCUT2D eigenvalue weighted by atomic mass is 16.2. The molecular formula is C17H24N6O2. The molecular weight excluding hydrogens is 320 g/mol. The van der Waals surface area contributed by atoms with Crippen LogP contribution in [0.4, 0.5) is 11.5 Å². The number of aromatic amines is 1. The number of nitrogens with one attached hydrogen (secondary N) is 2. The Balaban J connectivity index is 1.78. The van der Waals surface area contributed by atoms with Gasteiger partial charge in [-0.15, -0.1) is 0 Å². The van der Waals surface area contributed by atoms with Crippen LogP contribution in [0.25, 0.3) is 10.9 Å². The third-order valence-corrected chi connectivity index (χ3v) is 5.07. The Labute approximate surface area is 146 Å². The van der Waals surface area contributed by atoms with Gasteiger partial charge in [0.05, 0.1) is 29.0 Å². The monoisotopic (exact) mass is 344 g/mol. The van der Waals surface area contributed by atoms with Crippen molar-refractivity contribution >= 4 is 34.2 Å². The zero-order chi connectivity index (χ0) is 18.0. The number of hydrogen-bond acceptors (Lipinski definition) is 5. The second-order valence-corrected chi connectivity index (χ2v) is 6.54. The largest absolute Gasteiger partial charge is 0.383 e. The van der Waals surface area contributed by atoms with Gasteiger partial charge in [-0.3, -0.25) is 14.7 Å². The molecule has 3 rings (SSSR count). The van der Waals surface area contributed by atoms with E-state index in [1.807, 2.05) is 6.92 Å². The molecule has 3 heterocycles. The standard InChI is InChI=1S/C17H24N6O2/c1-3-10-5-6-11(4-2)23(9-10)17(25)16(24)21-13-8-19-15(18)12-7-20-22-14(12)13/h7-8,10-11H,3-6,9H2,1-2H3,(H2,18,19)(H,20,22)(H,21,24)/t10-,11-/m1/s1. The summed E-state index contributed by atoms with van der Waals surface area (Å²) < 4.78 is 0. The molecule has 2 aromatic heterocycles. The molecule has 8 heteroatoms. The molecule has 1 saturated heterocycles. The molecule has 4 N–H and O–H groups in total. The summed E-state index contributed by atoms with van der Waals surface area (Å²) in [7, 11) is 0. The van der Waals surface area contributed by atoms with Gasteiger partial charge in [-0.25, -0.2) is 4.98 Å². The number of pyridine rings is 1. The zero-order valence-corrected chi connectivity index (χ0v) is 14.6. The van der Waals surface area contributed by atoms with Crippen molar-refractivity contribution in [2.24, 2.45) is 5.92 Å². The molecule has 8 nitrogen and oxygen atoms in total. The number of likely N-dealkylation sites (tertiary alicyclic amines) is 1. The van der Waals surface area contributed by atoms with E-state index in [1.54, 1.807) is 11.1 Å². The summed E-state index contributed by atoms with van der Waals surface area (Å²) in [5.41, 5.74) is 6.75. The van der Waals surface area contributed by atoms with Crippen molar-refractivity contribution in [2.75, 3.05) is 17.6 Å². The lowest BCUT2D eigenvalue weighted by Crippen LogP contribution is -2.50. The van der Waals surface area contributed by atoms with Crippen LogP contribution in [0.1, 0.15) is 39.5 Å². The molecule has 2 atom stereocenters. The van der Waals surface area contributed by atoms with E-state index >= 15 is 0 Å². The number of nitrogen functional groups attached to an aromatic ring is 1. The third kappa shape index (κ3) is 3.29. The van der Waals surface area contributed by atoms with E-state index < -0.39 is 11.8 Å². The first-order valence-electron chi connectivity index (χ1n) is 8.74. The third-order valence-electron chi connectivity index (χ3n) is 5.07. The van der Waals surface area contributed by atoms with Crippen molar-refractivity contribution < 1.29 is 9.59 Å². The van der Waals surface area contributed by atoms with Crippen molar-refractivity contribution in [1.82, 2.24) is 20.1 Å². The number of H-pyrrole nitrogens is 1. The van der Waals surface area contributed by atoms with Gasteiger partial charge in [0.1, 0.15) is 5.82 Å². The number of carbonyl (C=O) groups excluding carboxylic acids is 2. The van der Waals surface area contributed by atoms with E-state index in [0.717, 1.165) is 25.7 Å². The fourth-order valence-corrected chi connectivity index (χ4v) is 3.46. The van der Waals surface area contributed by atoms with Crippen LogP contribution in [0, 0.1) is 5.92 Å². The number of aromatic nitrogens is 3. The summed E-state index contributed by atoms with van der Waals surface area (Å²) in [4.78, 5) is 31.0. The Morgan fingerprint density at radius 3 is 2.84 bits per heavy atom. The van der Waals surface area contributed by atoms with Crippen LogP contribution in [0.5, 0.6) is 0 Å². The molecule has 0 unspecified atom stereocenters. The summed E-state index contributed by atoms with van der Waals surface area (Å²) in [6.45, 7) is 4.81. The molecule has 0 aromatic carbocycles. The lowest BCUT2D eigenvalue weighted by molar-refractivity contribution is -0.146. The second kappa shape index (κ2) is 7.08. The Hall–Kier alpha value is -2.64. The van der Waals surface area contributed by atoms with Gasteiger partial charge in [0.25, 0.3) is 0 Å². The van der Waals surface area contributed by atoms with Crippen LogP contribution < -0.4 is 11.1 Å². The van der Waals surface area contributed by atoms with Crippen LogP contribution in [0.15, 0.2) is 12.4 Å². The van der Waals surface area contributed by atoms with Crippen LogP contribution in [-0.4, -0.2) is 44.5 Å². The maximum absolute atomic E-state index is 12.7. The average molecular weight is 344 g/mol. The smallest absolute Gasteiger partial charge is 0.314 e. The molecule has 134 valence electrons. The van der Waals surface area contributed by atoms with E-state index in [-0.39, 0.29) is 6.04 Å². The van der Waals surface area contributed by atoms with Gasteiger partial charge in [-0.05, 0) is 25.2 Å². The normalized spacial score (nSPS) is 20.6. The van der Waals surface area contributed by atoms with Crippen molar-refractivity contribution in [3.05, 3.63) is 12.4 Å². The Morgan fingerprint density at radius 2 is 2.12 bits per heavy atom. The quantitative estimate of drug-likeness (QED) is 0.735. The fourth-order valence-electron chi connectivity index (χ4n) is 3.46. The number of rotatable bonds is 3. The zero-order valence-electron chi connectivity index (χ0n) is 14.6. The van der Waals surface area contributed by atoms with Crippen molar-refractivity contribution in [3.63, 3.8) is 0 Å². The minimum atomic E-state index is -0.655. The molecule has 0 spiro atoms. The van der Waals surface area contributed by atoms with Gasteiger partial charge < -0.3 is 16.0 Å². The molecule has 0 aliphatic carbocycles. The SMILES string of the molecule is CC[C@@H]1CC[C@@H](CC)N(C(=O)C(=O)Nc2cnc(N)c3cn[nH]c23)C1. The van der Waals surface area contributed by atoms with E-state index in [2.05, 4.69) is 27.4 Å². The summed E-state index contributed by atoms with van der Waals surface area (Å²) in [5.74, 6) is -0.370. The van der Waals surface area contributed by atoms with Crippen molar-refractivity contribution in [1.29, 1.82) is 0 Å². The number of amides is 2. The number of anilines is 2. The van der Waals surface area contributed by atoms with E-state index in [0.29, 0.717) is 34.9 Å². The lowest BCUT2D eigenvalue weighted by Gasteiger charge is -2.38. The van der Waals surface area contributed by atoms with Crippen molar-refractivity contribution in [2.45, 2.75) is 45.6 Å². The number of nitrogens with zero attached hydrogens (tertiary/aromatic N) is 3. The topological polar surface area (TPSA) is 117 Å². The summed E-state index contributed by atoms with van der Waals surface area (Å²) in [6, 6.07) is 0.123. The highest BCUT2D eigenvalue weighted by molar-refractivity contribution is 6.40. The average Bonchev–Trinajstić information content (AvgIpc) is 3.13. The predicted octanol–water partition coefficient (Wildman–Crippen LogP) is 1.91. The molecule has 1 aliphatic rings. The van der Waals surface area contributed by atoms with Gasteiger partial charge in [-0.2, -0.15) is 5.10 Å². The lowest BCUT2D eigenvalue weighted by atomic mass is 9.89. The van der Waals surface area contributed by atoms with Gasteiger partial charge >= 0.3 is 11.8 Å². The molecule has 1 aliphatic heterocycles. The first-order valence-corrected chi connectivity index (χ1v) is 8.74. The number of fused-ring (bicyclic) bond motifs is 1. The molecule has 25 heavy (non-hydrogen) atoms. The molecule has 0 saturated carbocycles. The summed E-state index contributed by atoms with van der Waals surface area (Å²) >= 11 is 0. The Kier molecular flexibility index (Phi) is 4.87. The highest BCUT2D eigenvalue weighted by Gasteiger charge is 2.33. The number of hydrogen-bond donors (Lipinski definition) is 3. The number of piperidine rings is 1. The molecule has 0 radical (unpaired) electrons. The number of nitrogens with two attached hydrogens (primary N) is 1. The van der Waals surface area contributed by atoms with E-state index in [9.17, 15) is 9.59 Å².